The van der Waals surface area contributed by atoms with Crippen molar-refractivity contribution in [3.05, 3.63) is 34.3 Å². The molecule has 9 nitrogen and oxygen atoms in total. The van der Waals surface area contributed by atoms with Gasteiger partial charge in [-0.3, -0.25) is 9.59 Å². The van der Waals surface area contributed by atoms with Crippen molar-refractivity contribution in [2.45, 2.75) is 43.7 Å². The van der Waals surface area contributed by atoms with Crippen LogP contribution in [0.15, 0.2) is 33.9 Å². The monoisotopic (exact) mass is 492 g/mol. The van der Waals surface area contributed by atoms with Crippen molar-refractivity contribution in [2.75, 3.05) is 26.2 Å². The zero-order chi connectivity index (χ0) is 22.0. The van der Waals surface area contributed by atoms with Gasteiger partial charge in [-0.15, -0.1) is 0 Å². The second-order valence-electron chi connectivity index (χ2n) is 8.31. The van der Waals surface area contributed by atoms with Crippen LogP contribution in [0.4, 0.5) is 4.79 Å². The second-order valence-corrected chi connectivity index (χ2v) is 9.22. The Labute approximate surface area is 188 Å². The first kappa shape index (κ1) is 21.6. The summed E-state index contributed by atoms with van der Waals surface area (Å²) >= 11 is 3.38. The van der Waals surface area contributed by atoms with Crippen LogP contribution in [0.2, 0.25) is 0 Å². The van der Waals surface area contributed by atoms with Gasteiger partial charge in [-0.1, -0.05) is 21.1 Å². The maximum Gasteiger partial charge on any atom is 0.407 e. The van der Waals surface area contributed by atoms with Crippen LogP contribution in [0.1, 0.15) is 42.5 Å². The molecule has 0 aliphatic carbocycles. The highest BCUT2D eigenvalue weighted by Crippen LogP contribution is 2.35. The summed E-state index contributed by atoms with van der Waals surface area (Å²) in [6.45, 7) is 1.92. The van der Waals surface area contributed by atoms with Gasteiger partial charge >= 0.3 is 6.09 Å². The van der Waals surface area contributed by atoms with E-state index < -0.39 is 11.7 Å². The van der Waals surface area contributed by atoms with Gasteiger partial charge in [-0.05, 0) is 37.1 Å². The molecule has 2 N–H and O–H groups in total. The standard InChI is InChI=1S/C21H25BrN4O5/c22-15-3-1-14(2-4-15)19(28)25-11-7-21(8-12-25)13-17(24-31-21)18(27)23-16-5-9-26(10-6-16)20(29)30/h1-4,16H,5-13H2,(H,23,27)(H,29,30). The minimum atomic E-state index is -0.926. The molecular weight excluding hydrogens is 468 g/mol. The molecule has 2 fully saturated rings. The van der Waals surface area contributed by atoms with Crippen molar-refractivity contribution in [3.63, 3.8) is 0 Å². The van der Waals surface area contributed by atoms with Crippen LogP contribution in [-0.2, 0) is 9.63 Å². The van der Waals surface area contributed by atoms with Crippen LogP contribution in [0.5, 0.6) is 0 Å². The summed E-state index contributed by atoms with van der Waals surface area (Å²) in [6, 6.07) is 7.24. The number of rotatable bonds is 3. The van der Waals surface area contributed by atoms with Crippen molar-refractivity contribution < 1.29 is 24.3 Å². The van der Waals surface area contributed by atoms with E-state index in [1.165, 1.54) is 4.90 Å². The zero-order valence-corrected chi connectivity index (χ0v) is 18.6. The molecule has 0 bridgehead atoms. The molecule has 0 atom stereocenters. The first-order valence-corrected chi connectivity index (χ1v) is 11.2. The van der Waals surface area contributed by atoms with Crippen LogP contribution in [0.25, 0.3) is 0 Å². The van der Waals surface area contributed by atoms with Crippen LogP contribution >= 0.6 is 15.9 Å². The van der Waals surface area contributed by atoms with Crippen molar-refractivity contribution in [3.8, 4) is 0 Å². The molecule has 1 aromatic carbocycles. The third-order valence-electron chi connectivity index (χ3n) is 6.25. The fraction of sp³-hybridized carbons (Fsp3) is 0.524. The Morgan fingerprint density at radius 3 is 2.32 bits per heavy atom. The Morgan fingerprint density at radius 2 is 1.71 bits per heavy atom. The summed E-state index contributed by atoms with van der Waals surface area (Å²) in [5.74, 6) is -0.258. The maximum absolute atomic E-state index is 12.7. The summed E-state index contributed by atoms with van der Waals surface area (Å²) in [7, 11) is 0. The van der Waals surface area contributed by atoms with Gasteiger partial charge in [0.25, 0.3) is 11.8 Å². The number of nitrogens with zero attached hydrogens (tertiary/aromatic N) is 3. The SMILES string of the molecule is O=C(NC1CCN(C(=O)O)CC1)C1=NOC2(CCN(C(=O)c3ccc(Br)cc3)CC2)C1. The Morgan fingerprint density at radius 1 is 1.06 bits per heavy atom. The van der Waals surface area contributed by atoms with E-state index in [1.807, 2.05) is 17.0 Å². The lowest BCUT2D eigenvalue weighted by Crippen LogP contribution is -2.49. The lowest BCUT2D eigenvalue weighted by Gasteiger charge is -2.37. The molecule has 0 saturated carbocycles. The van der Waals surface area contributed by atoms with Gasteiger partial charge in [0.2, 0.25) is 0 Å². The molecule has 166 valence electrons. The lowest BCUT2D eigenvalue weighted by atomic mass is 9.86. The number of piperidine rings is 2. The third kappa shape index (κ3) is 4.84. The fourth-order valence-corrected chi connectivity index (χ4v) is 4.55. The van der Waals surface area contributed by atoms with E-state index in [0.29, 0.717) is 69.6 Å². The van der Waals surface area contributed by atoms with Crippen molar-refractivity contribution >= 4 is 39.5 Å². The Balaban J connectivity index is 1.26. The topological polar surface area (TPSA) is 112 Å². The van der Waals surface area contributed by atoms with E-state index in [2.05, 4.69) is 26.4 Å². The highest BCUT2D eigenvalue weighted by molar-refractivity contribution is 9.10. The van der Waals surface area contributed by atoms with Crippen LogP contribution in [0, 0.1) is 0 Å². The molecule has 3 aliphatic heterocycles. The zero-order valence-electron chi connectivity index (χ0n) is 17.1. The number of nitrogens with one attached hydrogen (secondary N) is 1. The number of carbonyl (C=O) groups is 3. The van der Waals surface area contributed by atoms with Gasteiger partial charge < -0.3 is 25.1 Å². The number of carboxylic acid groups (broad SMARTS) is 1. The van der Waals surface area contributed by atoms with Gasteiger partial charge in [-0.25, -0.2) is 4.79 Å². The minimum absolute atomic E-state index is 0.00747. The van der Waals surface area contributed by atoms with Crippen molar-refractivity contribution in [2.24, 2.45) is 5.16 Å². The summed E-state index contributed by atoms with van der Waals surface area (Å²) < 4.78 is 0.927. The predicted molar refractivity (Wildman–Crippen MR) is 116 cm³/mol. The average molecular weight is 493 g/mol. The van der Waals surface area contributed by atoms with E-state index in [1.54, 1.807) is 12.1 Å². The highest BCUT2D eigenvalue weighted by Gasteiger charge is 2.44. The normalized spacial score (nSPS) is 20.9. The number of amides is 3. The first-order chi connectivity index (χ1) is 14.8. The van der Waals surface area contributed by atoms with Crippen LogP contribution < -0.4 is 5.32 Å². The number of halogens is 1. The number of hydrogen-bond donors (Lipinski definition) is 2. The highest BCUT2D eigenvalue weighted by atomic mass is 79.9. The predicted octanol–water partition coefficient (Wildman–Crippen LogP) is 2.46. The van der Waals surface area contributed by atoms with Crippen LogP contribution in [0.3, 0.4) is 0 Å². The molecule has 1 spiro atoms. The molecule has 1 aromatic rings. The minimum Gasteiger partial charge on any atom is -0.465 e. The van der Waals surface area contributed by atoms with Gasteiger partial charge in [0, 0.05) is 61.5 Å². The van der Waals surface area contributed by atoms with E-state index >= 15 is 0 Å². The third-order valence-corrected chi connectivity index (χ3v) is 6.78. The smallest absolute Gasteiger partial charge is 0.407 e. The second kappa shape index (κ2) is 8.86. The number of likely N-dealkylation sites (tertiary alicyclic amines) is 2. The Hall–Kier alpha value is -2.62. The molecule has 3 amide bonds. The largest absolute Gasteiger partial charge is 0.465 e. The number of hydrogen-bond acceptors (Lipinski definition) is 5. The van der Waals surface area contributed by atoms with Gasteiger partial charge in [0.1, 0.15) is 11.3 Å². The van der Waals surface area contributed by atoms with E-state index in [-0.39, 0.29) is 17.9 Å². The first-order valence-electron chi connectivity index (χ1n) is 10.4. The van der Waals surface area contributed by atoms with Gasteiger partial charge in [-0.2, -0.15) is 0 Å². The number of benzene rings is 1. The van der Waals surface area contributed by atoms with Crippen molar-refractivity contribution in [1.82, 2.24) is 15.1 Å². The van der Waals surface area contributed by atoms with Gasteiger partial charge in [0.15, 0.2) is 0 Å². The molecule has 0 unspecified atom stereocenters. The Bertz CT molecular complexity index is 888. The molecule has 3 aliphatic rings. The summed E-state index contributed by atoms with van der Waals surface area (Å²) in [5.41, 5.74) is 0.487. The average Bonchev–Trinajstić information content (AvgIpc) is 3.18. The van der Waals surface area contributed by atoms with E-state index in [0.717, 1.165) is 4.47 Å². The van der Waals surface area contributed by atoms with E-state index in [9.17, 15) is 14.4 Å². The molecule has 10 heteroatoms. The molecule has 2 saturated heterocycles. The molecule has 31 heavy (non-hydrogen) atoms. The molecule has 0 radical (unpaired) electrons. The summed E-state index contributed by atoms with van der Waals surface area (Å²) in [4.78, 5) is 45.2. The summed E-state index contributed by atoms with van der Waals surface area (Å²) in [5, 5.41) is 16.0. The molecule has 3 heterocycles. The molecule has 0 aromatic heterocycles. The number of oxime groups is 1. The Kier molecular flexibility index (Phi) is 6.17. The molecule has 4 rings (SSSR count). The van der Waals surface area contributed by atoms with Crippen LogP contribution in [-0.4, -0.2) is 76.3 Å². The van der Waals surface area contributed by atoms with E-state index in [4.69, 9.17) is 9.94 Å². The van der Waals surface area contributed by atoms with Gasteiger partial charge in [0.05, 0.1) is 0 Å². The number of carbonyl (C=O) groups excluding carboxylic acids is 2. The molecular formula is C21H25BrN4O5. The quantitative estimate of drug-likeness (QED) is 0.672. The summed E-state index contributed by atoms with van der Waals surface area (Å²) in [6.07, 6.45) is 1.91. The fourth-order valence-electron chi connectivity index (χ4n) is 4.29. The maximum atomic E-state index is 12.7. The van der Waals surface area contributed by atoms with Crippen molar-refractivity contribution in [1.29, 1.82) is 0 Å². The lowest BCUT2D eigenvalue weighted by molar-refractivity contribution is -0.115.